The average Bonchev–Trinajstić information content (AvgIpc) is 3.11. The minimum absolute atomic E-state index is 0.201. The highest BCUT2D eigenvalue weighted by Gasteiger charge is 2.22. The Balaban J connectivity index is 1.42. The Labute approximate surface area is 120 Å². The van der Waals surface area contributed by atoms with E-state index < -0.39 is 0 Å². The number of thiazole rings is 1. The Morgan fingerprint density at radius 3 is 3.05 bits per heavy atom. The van der Waals surface area contributed by atoms with Gasteiger partial charge in [0, 0.05) is 18.2 Å². The van der Waals surface area contributed by atoms with E-state index in [0.717, 1.165) is 34.9 Å². The zero-order valence-corrected chi connectivity index (χ0v) is 12.2. The van der Waals surface area contributed by atoms with Crippen LogP contribution in [0.3, 0.4) is 0 Å². The van der Waals surface area contributed by atoms with Crippen molar-refractivity contribution in [3.8, 4) is 0 Å². The Bertz CT molecular complexity index is 545. The van der Waals surface area contributed by atoms with E-state index in [4.69, 9.17) is 0 Å². The SMILES string of the molecule is O=C(CCCSc1nc2ccccc2s1)NC1CC1. The number of hydrogen-bond acceptors (Lipinski definition) is 4. The molecule has 0 saturated heterocycles. The first-order chi connectivity index (χ1) is 9.31. The van der Waals surface area contributed by atoms with E-state index in [-0.39, 0.29) is 5.91 Å². The van der Waals surface area contributed by atoms with E-state index in [1.165, 1.54) is 4.70 Å². The molecule has 1 saturated carbocycles. The van der Waals surface area contributed by atoms with Gasteiger partial charge in [0.25, 0.3) is 0 Å². The lowest BCUT2D eigenvalue weighted by Gasteiger charge is -2.01. The molecule has 2 aromatic rings. The molecule has 19 heavy (non-hydrogen) atoms. The quantitative estimate of drug-likeness (QED) is 0.655. The lowest BCUT2D eigenvalue weighted by atomic mass is 10.3. The fourth-order valence-corrected chi connectivity index (χ4v) is 3.91. The summed E-state index contributed by atoms with van der Waals surface area (Å²) < 4.78 is 2.33. The highest BCUT2D eigenvalue weighted by atomic mass is 32.2. The average molecular weight is 292 g/mol. The lowest BCUT2D eigenvalue weighted by molar-refractivity contribution is -0.121. The molecule has 3 rings (SSSR count). The summed E-state index contributed by atoms with van der Waals surface area (Å²) in [5.74, 6) is 1.16. The van der Waals surface area contributed by atoms with Crippen LogP contribution in [0, 0.1) is 0 Å². The molecular weight excluding hydrogens is 276 g/mol. The number of amides is 1. The van der Waals surface area contributed by atoms with Gasteiger partial charge >= 0.3 is 0 Å². The molecule has 0 atom stereocenters. The smallest absolute Gasteiger partial charge is 0.220 e. The van der Waals surface area contributed by atoms with Gasteiger partial charge < -0.3 is 5.32 Å². The molecule has 0 unspecified atom stereocenters. The van der Waals surface area contributed by atoms with Crippen molar-refractivity contribution in [1.29, 1.82) is 0 Å². The molecule has 1 aromatic heterocycles. The molecule has 3 nitrogen and oxygen atoms in total. The van der Waals surface area contributed by atoms with Crippen molar-refractivity contribution < 1.29 is 4.79 Å². The maximum Gasteiger partial charge on any atom is 0.220 e. The van der Waals surface area contributed by atoms with E-state index >= 15 is 0 Å². The number of hydrogen-bond donors (Lipinski definition) is 1. The number of aromatic nitrogens is 1. The summed E-state index contributed by atoms with van der Waals surface area (Å²) in [5, 5.41) is 3.01. The first kappa shape index (κ1) is 12.9. The normalized spacial score (nSPS) is 14.7. The number of carbonyl (C=O) groups is 1. The van der Waals surface area contributed by atoms with E-state index in [9.17, 15) is 4.79 Å². The number of fused-ring (bicyclic) bond motifs is 1. The molecular formula is C14H16N2OS2. The number of nitrogens with zero attached hydrogens (tertiary/aromatic N) is 1. The number of nitrogens with one attached hydrogen (secondary N) is 1. The molecule has 1 fully saturated rings. The van der Waals surface area contributed by atoms with Gasteiger partial charge in [-0.05, 0) is 31.4 Å². The largest absolute Gasteiger partial charge is 0.353 e. The Kier molecular flexibility index (Phi) is 4.03. The van der Waals surface area contributed by atoms with Crippen molar-refractivity contribution in [1.82, 2.24) is 10.3 Å². The maximum atomic E-state index is 11.5. The van der Waals surface area contributed by atoms with Gasteiger partial charge in [-0.2, -0.15) is 0 Å². The second kappa shape index (κ2) is 5.92. The van der Waals surface area contributed by atoms with Crippen LogP contribution >= 0.6 is 23.1 Å². The van der Waals surface area contributed by atoms with Crippen molar-refractivity contribution in [2.75, 3.05) is 5.75 Å². The molecule has 0 aliphatic heterocycles. The van der Waals surface area contributed by atoms with Crippen molar-refractivity contribution in [2.45, 2.75) is 36.1 Å². The number of thioether (sulfide) groups is 1. The van der Waals surface area contributed by atoms with Crippen LogP contribution in [0.25, 0.3) is 10.2 Å². The summed E-state index contributed by atoms with van der Waals surface area (Å²) in [6.07, 6.45) is 3.87. The van der Waals surface area contributed by atoms with Crippen LogP contribution in [0.4, 0.5) is 0 Å². The number of benzene rings is 1. The second-order valence-electron chi connectivity index (χ2n) is 4.74. The first-order valence-electron chi connectivity index (χ1n) is 6.59. The van der Waals surface area contributed by atoms with E-state index in [1.807, 2.05) is 18.2 Å². The van der Waals surface area contributed by atoms with E-state index in [2.05, 4.69) is 16.4 Å². The van der Waals surface area contributed by atoms with Crippen LogP contribution in [-0.4, -0.2) is 22.7 Å². The molecule has 0 spiro atoms. The zero-order chi connectivity index (χ0) is 13.1. The predicted molar refractivity (Wildman–Crippen MR) is 80.7 cm³/mol. The van der Waals surface area contributed by atoms with Crippen LogP contribution in [0.2, 0.25) is 0 Å². The van der Waals surface area contributed by atoms with Crippen molar-refractivity contribution in [3.05, 3.63) is 24.3 Å². The minimum Gasteiger partial charge on any atom is -0.353 e. The van der Waals surface area contributed by atoms with Gasteiger partial charge in [0.15, 0.2) is 4.34 Å². The van der Waals surface area contributed by atoms with Gasteiger partial charge in [0.05, 0.1) is 10.2 Å². The fourth-order valence-electron chi connectivity index (χ4n) is 1.83. The van der Waals surface area contributed by atoms with Crippen molar-refractivity contribution in [2.24, 2.45) is 0 Å². The summed E-state index contributed by atoms with van der Waals surface area (Å²) in [6.45, 7) is 0. The Morgan fingerprint density at radius 2 is 2.26 bits per heavy atom. The number of carbonyl (C=O) groups excluding carboxylic acids is 1. The highest BCUT2D eigenvalue weighted by Crippen LogP contribution is 2.29. The van der Waals surface area contributed by atoms with Crippen LogP contribution in [0.1, 0.15) is 25.7 Å². The van der Waals surface area contributed by atoms with Gasteiger partial charge in [-0.15, -0.1) is 11.3 Å². The summed E-state index contributed by atoms with van der Waals surface area (Å²) >= 11 is 3.48. The van der Waals surface area contributed by atoms with Gasteiger partial charge in [-0.1, -0.05) is 23.9 Å². The first-order valence-corrected chi connectivity index (χ1v) is 8.39. The van der Waals surface area contributed by atoms with Crippen molar-refractivity contribution >= 4 is 39.2 Å². The molecule has 0 radical (unpaired) electrons. The zero-order valence-electron chi connectivity index (χ0n) is 10.6. The Hall–Kier alpha value is -1.07. The topological polar surface area (TPSA) is 42.0 Å². The van der Waals surface area contributed by atoms with Crippen LogP contribution in [-0.2, 0) is 4.79 Å². The molecule has 1 amide bonds. The molecule has 1 aliphatic carbocycles. The minimum atomic E-state index is 0.201. The summed E-state index contributed by atoms with van der Waals surface area (Å²) in [6, 6.07) is 8.67. The van der Waals surface area contributed by atoms with Crippen LogP contribution in [0.5, 0.6) is 0 Å². The lowest BCUT2D eigenvalue weighted by Crippen LogP contribution is -2.24. The molecule has 100 valence electrons. The highest BCUT2D eigenvalue weighted by molar-refractivity contribution is 8.01. The monoisotopic (exact) mass is 292 g/mol. The second-order valence-corrected chi connectivity index (χ2v) is 7.11. The maximum absolute atomic E-state index is 11.5. The van der Waals surface area contributed by atoms with Crippen LogP contribution < -0.4 is 5.32 Å². The molecule has 1 N–H and O–H groups in total. The van der Waals surface area contributed by atoms with Crippen molar-refractivity contribution in [3.63, 3.8) is 0 Å². The molecule has 5 heteroatoms. The van der Waals surface area contributed by atoms with Gasteiger partial charge in [-0.25, -0.2) is 4.98 Å². The third-order valence-corrected chi connectivity index (χ3v) is 5.26. The third kappa shape index (κ3) is 3.70. The summed E-state index contributed by atoms with van der Waals surface area (Å²) in [7, 11) is 0. The van der Waals surface area contributed by atoms with Gasteiger partial charge in [0.2, 0.25) is 5.91 Å². The molecule has 1 aliphatic rings. The standard InChI is InChI=1S/C14H16N2OS2/c17-13(15-10-7-8-10)6-3-9-18-14-16-11-4-1-2-5-12(11)19-14/h1-2,4-5,10H,3,6-9H2,(H,15,17). The Morgan fingerprint density at radius 1 is 1.42 bits per heavy atom. The third-order valence-electron chi connectivity index (χ3n) is 2.99. The number of rotatable bonds is 6. The fraction of sp³-hybridized carbons (Fsp3) is 0.429. The number of para-hydroxylation sites is 1. The van der Waals surface area contributed by atoms with Gasteiger partial charge in [0.1, 0.15) is 0 Å². The van der Waals surface area contributed by atoms with Crippen LogP contribution in [0.15, 0.2) is 28.6 Å². The molecule has 1 aromatic carbocycles. The summed E-state index contributed by atoms with van der Waals surface area (Å²) in [4.78, 5) is 16.1. The summed E-state index contributed by atoms with van der Waals surface area (Å²) in [5.41, 5.74) is 1.07. The molecule has 0 bridgehead atoms. The van der Waals surface area contributed by atoms with E-state index in [1.54, 1.807) is 23.1 Å². The van der Waals surface area contributed by atoms with E-state index in [0.29, 0.717) is 12.5 Å². The molecule has 1 heterocycles. The van der Waals surface area contributed by atoms with Gasteiger partial charge in [-0.3, -0.25) is 4.79 Å². The predicted octanol–water partition coefficient (Wildman–Crippen LogP) is 3.45.